The molecular weight excluding hydrogens is 284 g/mol. The molecule has 22 heavy (non-hydrogen) atoms. The minimum Gasteiger partial charge on any atom is -0.496 e. The SMILES string of the molecule is COc1c(C)cccc1C(=O)Nc1ccc(C)c([N+](=O)[O-])c1. The predicted molar refractivity (Wildman–Crippen MR) is 83.5 cm³/mol. The number of hydrogen-bond acceptors (Lipinski definition) is 4. The Bertz CT molecular complexity index is 741. The third-order valence-corrected chi connectivity index (χ3v) is 3.32. The van der Waals surface area contributed by atoms with Gasteiger partial charge in [-0.25, -0.2) is 0 Å². The van der Waals surface area contributed by atoms with Gasteiger partial charge in [0.05, 0.1) is 17.6 Å². The number of hydrogen-bond donors (Lipinski definition) is 1. The van der Waals surface area contributed by atoms with E-state index in [1.165, 1.54) is 13.2 Å². The van der Waals surface area contributed by atoms with E-state index in [1.807, 2.05) is 13.0 Å². The van der Waals surface area contributed by atoms with Crippen LogP contribution in [0.15, 0.2) is 36.4 Å². The quantitative estimate of drug-likeness (QED) is 0.692. The molecule has 0 aliphatic rings. The summed E-state index contributed by atoms with van der Waals surface area (Å²) in [5.41, 5.74) is 2.09. The zero-order chi connectivity index (χ0) is 16.3. The van der Waals surface area contributed by atoms with E-state index in [2.05, 4.69) is 5.32 Å². The molecule has 6 nitrogen and oxygen atoms in total. The molecule has 2 rings (SSSR count). The van der Waals surface area contributed by atoms with Crippen LogP contribution in [0.3, 0.4) is 0 Å². The fourth-order valence-electron chi connectivity index (χ4n) is 2.18. The molecule has 1 N–H and O–H groups in total. The van der Waals surface area contributed by atoms with Crippen molar-refractivity contribution in [1.29, 1.82) is 0 Å². The van der Waals surface area contributed by atoms with Crippen LogP contribution >= 0.6 is 0 Å². The first-order chi connectivity index (χ1) is 10.4. The first-order valence-corrected chi connectivity index (χ1v) is 6.64. The number of nitro benzene ring substituents is 1. The summed E-state index contributed by atoms with van der Waals surface area (Å²) in [5, 5.41) is 13.6. The lowest BCUT2D eigenvalue weighted by Gasteiger charge is -2.11. The van der Waals surface area contributed by atoms with Gasteiger partial charge in [-0.3, -0.25) is 14.9 Å². The van der Waals surface area contributed by atoms with Crippen LogP contribution in [0, 0.1) is 24.0 Å². The average molecular weight is 300 g/mol. The van der Waals surface area contributed by atoms with Gasteiger partial charge in [0.15, 0.2) is 0 Å². The number of para-hydroxylation sites is 1. The monoisotopic (exact) mass is 300 g/mol. The van der Waals surface area contributed by atoms with E-state index >= 15 is 0 Å². The standard InChI is InChI=1S/C16H16N2O4/c1-10-7-8-12(9-14(10)18(20)21)17-16(19)13-6-4-5-11(2)15(13)22-3/h4-9H,1-3H3,(H,17,19). The molecule has 0 aliphatic heterocycles. The van der Waals surface area contributed by atoms with Crippen molar-refractivity contribution in [2.45, 2.75) is 13.8 Å². The van der Waals surface area contributed by atoms with Crippen molar-refractivity contribution in [1.82, 2.24) is 0 Å². The molecule has 0 heterocycles. The fraction of sp³-hybridized carbons (Fsp3) is 0.188. The first-order valence-electron chi connectivity index (χ1n) is 6.64. The molecule has 0 spiro atoms. The number of ether oxygens (including phenoxy) is 1. The number of benzene rings is 2. The largest absolute Gasteiger partial charge is 0.496 e. The Hall–Kier alpha value is -2.89. The minimum absolute atomic E-state index is 0.0333. The Balaban J connectivity index is 2.32. The Morgan fingerprint density at radius 3 is 2.55 bits per heavy atom. The molecule has 2 aromatic carbocycles. The molecule has 0 aromatic heterocycles. The van der Waals surface area contributed by atoms with E-state index in [1.54, 1.807) is 31.2 Å². The van der Waals surface area contributed by atoms with E-state index < -0.39 is 4.92 Å². The van der Waals surface area contributed by atoms with Gasteiger partial charge in [0.2, 0.25) is 0 Å². The number of anilines is 1. The number of carbonyl (C=O) groups excluding carboxylic acids is 1. The zero-order valence-corrected chi connectivity index (χ0v) is 12.5. The van der Waals surface area contributed by atoms with Crippen molar-refractivity contribution in [3.05, 3.63) is 63.2 Å². The number of nitro groups is 1. The molecule has 0 radical (unpaired) electrons. The maximum absolute atomic E-state index is 12.4. The number of methoxy groups -OCH3 is 1. The molecule has 114 valence electrons. The molecule has 0 unspecified atom stereocenters. The summed E-state index contributed by atoms with van der Waals surface area (Å²) in [4.78, 5) is 22.8. The average Bonchev–Trinajstić information content (AvgIpc) is 2.48. The minimum atomic E-state index is -0.474. The van der Waals surface area contributed by atoms with E-state index in [0.29, 0.717) is 22.6 Å². The molecule has 0 bridgehead atoms. The highest BCUT2D eigenvalue weighted by molar-refractivity contribution is 6.06. The molecule has 6 heteroatoms. The van der Waals surface area contributed by atoms with Crippen LogP contribution < -0.4 is 10.1 Å². The Labute approximate surface area is 127 Å². The normalized spacial score (nSPS) is 10.1. The summed E-state index contributed by atoms with van der Waals surface area (Å²) in [5.74, 6) is 0.111. The molecule has 0 saturated heterocycles. The first kappa shape index (κ1) is 15.5. The van der Waals surface area contributed by atoms with E-state index in [-0.39, 0.29) is 11.6 Å². The van der Waals surface area contributed by atoms with Crippen LogP contribution in [0.5, 0.6) is 5.75 Å². The van der Waals surface area contributed by atoms with Gasteiger partial charge in [-0.2, -0.15) is 0 Å². The molecule has 0 atom stereocenters. The number of nitrogens with zero attached hydrogens (tertiary/aromatic N) is 1. The van der Waals surface area contributed by atoms with Crippen molar-refractivity contribution in [2.24, 2.45) is 0 Å². The molecule has 2 aromatic rings. The van der Waals surface area contributed by atoms with Crippen molar-refractivity contribution in [3.63, 3.8) is 0 Å². The second-order valence-corrected chi connectivity index (χ2v) is 4.87. The van der Waals surface area contributed by atoms with E-state index in [9.17, 15) is 14.9 Å². The number of amides is 1. The predicted octanol–water partition coefficient (Wildman–Crippen LogP) is 3.47. The molecule has 0 aliphatic carbocycles. The number of nitrogens with one attached hydrogen (secondary N) is 1. The Morgan fingerprint density at radius 1 is 1.18 bits per heavy atom. The molecular formula is C16H16N2O4. The summed E-state index contributed by atoms with van der Waals surface area (Å²) in [6.07, 6.45) is 0. The summed E-state index contributed by atoms with van der Waals surface area (Å²) >= 11 is 0. The fourth-order valence-corrected chi connectivity index (χ4v) is 2.18. The van der Waals surface area contributed by atoms with Crippen LogP contribution in [0.25, 0.3) is 0 Å². The van der Waals surface area contributed by atoms with Crippen LogP contribution in [-0.2, 0) is 0 Å². The second-order valence-electron chi connectivity index (χ2n) is 4.87. The highest BCUT2D eigenvalue weighted by Crippen LogP contribution is 2.26. The van der Waals surface area contributed by atoms with Crippen LogP contribution in [0.1, 0.15) is 21.5 Å². The van der Waals surface area contributed by atoms with Crippen LogP contribution in [-0.4, -0.2) is 17.9 Å². The maximum Gasteiger partial charge on any atom is 0.274 e. The highest BCUT2D eigenvalue weighted by Gasteiger charge is 2.16. The lowest BCUT2D eigenvalue weighted by Crippen LogP contribution is -2.14. The second kappa shape index (κ2) is 6.26. The summed E-state index contributed by atoms with van der Waals surface area (Å²) < 4.78 is 5.25. The maximum atomic E-state index is 12.4. The number of carbonyl (C=O) groups is 1. The smallest absolute Gasteiger partial charge is 0.274 e. The Morgan fingerprint density at radius 2 is 1.91 bits per heavy atom. The summed E-state index contributed by atoms with van der Waals surface area (Å²) in [7, 11) is 1.50. The van der Waals surface area contributed by atoms with Gasteiger partial charge in [-0.15, -0.1) is 0 Å². The van der Waals surface area contributed by atoms with E-state index in [0.717, 1.165) is 5.56 Å². The van der Waals surface area contributed by atoms with Gasteiger partial charge in [0.25, 0.3) is 11.6 Å². The number of aryl methyl sites for hydroxylation is 2. The summed E-state index contributed by atoms with van der Waals surface area (Å²) in [6.45, 7) is 3.49. The molecule has 0 fully saturated rings. The van der Waals surface area contributed by atoms with Gasteiger partial charge < -0.3 is 10.1 Å². The van der Waals surface area contributed by atoms with Gasteiger partial charge in [0, 0.05) is 17.3 Å². The van der Waals surface area contributed by atoms with Gasteiger partial charge in [0.1, 0.15) is 5.75 Å². The topological polar surface area (TPSA) is 81.5 Å². The third-order valence-electron chi connectivity index (χ3n) is 3.32. The lowest BCUT2D eigenvalue weighted by atomic mass is 10.1. The van der Waals surface area contributed by atoms with Crippen LogP contribution in [0.2, 0.25) is 0 Å². The third kappa shape index (κ3) is 3.06. The van der Waals surface area contributed by atoms with Gasteiger partial charge in [-0.05, 0) is 31.5 Å². The van der Waals surface area contributed by atoms with Crippen molar-refractivity contribution in [3.8, 4) is 5.75 Å². The lowest BCUT2D eigenvalue weighted by molar-refractivity contribution is -0.385. The van der Waals surface area contributed by atoms with Gasteiger partial charge in [-0.1, -0.05) is 18.2 Å². The van der Waals surface area contributed by atoms with E-state index in [4.69, 9.17) is 4.74 Å². The molecule has 0 saturated carbocycles. The summed E-state index contributed by atoms with van der Waals surface area (Å²) in [6, 6.07) is 9.81. The molecule has 1 amide bonds. The van der Waals surface area contributed by atoms with Gasteiger partial charge >= 0.3 is 0 Å². The zero-order valence-electron chi connectivity index (χ0n) is 12.5. The highest BCUT2D eigenvalue weighted by atomic mass is 16.6. The van der Waals surface area contributed by atoms with Crippen molar-refractivity contribution < 1.29 is 14.5 Å². The van der Waals surface area contributed by atoms with Crippen molar-refractivity contribution >= 4 is 17.3 Å². The van der Waals surface area contributed by atoms with Crippen LogP contribution in [0.4, 0.5) is 11.4 Å². The van der Waals surface area contributed by atoms with Crippen molar-refractivity contribution in [2.75, 3.05) is 12.4 Å². The number of rotatable bonds is 4. The Kier molecular flexibility index (Phi) is 4.41.